The molecule has 8 nitrogen and oxygen atoms in total. The molecule has 0 radical (unpaired) electrons. The Kier molecular flexibility index (Phi) is 6.04. The Morgan fingerprint density at radius 3 is 2.78 bits per heavy atom. The highest BCUT2D eigenvalue weighted by molar-refractivity contribution is 7.91. The summed E-state index contributed by atoms with van der Waals surface area (Å²) < 4.78 is 44.5. The van der Waals surface area contributed by atoms with Gasteiger partial charge in [0.25, 0.3) is 0 Å². The van der Waals surface area contributed by atoms with Gasteiger partial charge < -0.3 is 9.73 Å². The fourth-order valence-corrected chi connectivity index (χ4v) is 5.05. The van der Waals surface area contributed by atoms with Crippen LogP contribution in [0.2, 0.25) is 0 Å². The Bertz CT molecular complexity index is 1430. The zero-order chi connectivity index (χ0) is 22.7. The molecule has 0 aliphatic heterocycles. The number of oxazole rings is 1. The number of aryl methyl sites for hydroxylation is 2. The standard InChI is InChI=1S/C22H21FN4O4S/c1-2-11-32(29,30)20-6-4-3-5-14(20)7-9-17-16(23)13-24-21(26-17)25-15-8-10-18-19(12-15)31-22(28)27-18/h3-6,8,10,12-13H,2,7,9,11H2,1H3,(H,27,28)(H,24,25,26). The maximum atomic E-state index is 14.4. The van der Waals surface area contributed by atoms with Crippen molar-refractivity contribution in [2.24, 2.45) is 0 Å². The second-order valence-corrected chi connectivity index (χ2v) is 9.34. The zero-order valence-electron chi connectivity index (χ0n) is 17.3. The maximum absolute atomic E-state index is 14.4. The molecule has 0 amide bonds. The van der Waals surface area contributed by atoms with E-state index in [1.54, 1.807) is 42.5 Å². The van der Waals surface area contributed by atoms with Gasteiger partial charge in [-0.15, -0.1) is 0 Å². The van der Waals surface area contributed by atoms with Crippen molar-refractivity contribution in [3.05, 3.63) is 76.3 Å². The minimum Gasteiger partial charge on any atom is -0.408 e. The largest absolute Gasteiger partial charge is 0.417 e. The summed E-state index contributed by atoms with van der Waals surface area (Å²) in [5.41, 5.74) is 2.28. The number of nitrogens with zero attached hydrogens (tertiary/aromatic N) is 2. The molecule has 0 saturated heterocycles. The summed E-state index contributed by atoms with van der Waals surface area (Å²) in [5.74, 6) is -0.897. The molecule has 0 aliphatic carbocycles. The van der Waals surface area contributed by atoms with Gasteiger partial charge in [0.2, 0.25) is 5.95 Å². The number of aromatic nitrogens is 3. The number of hydrogen-bond donors (Lipinski definition) is 2. The number of rotatable bonds is 8. The Hall–Kier alpha value is -3.53. The molecule has 2 heterocycles. The number of aromatic amines is 1. The lowest BCUT2D eigenvalue weighted by Gasteiger charge is -2.11. The van der Waals surface area contributed by atoms with Gasteiger partial charge in [0.05, 0.1) is 28.1 Å². The van der Waals surface area contributed by atoms with E-state index in [1.165, 1.54) is 0 Å². The van der Waals surface area contributed by atoms with Crippen LogP contribution >= 0.6 is 0 Å². The smallest absolute Gasteiger partial charge is 0.408 e. The molecule has 2 N–H and O–H groups in total. The van der Waals surface area contributed by atoms with Gasteiger partial charge >= 0.3 is 5.76 Å². The summed E-state index contributed by atoms with van der Waals surface area (Å²) in [6.07, 6.45) is 2.10. The molecule has 32 heavy (non-hydrogen) atoms. The van der Waals surface area contributed by atoms with Gasteiger partial charge in [-0.1, -0.05) is 25.1 Å². The number of halogens is 1. The lowest BCUT2D eigenvalue weighted by molar-refractivity contribution is 0.555. The summed E-state index contributed by atoms with van der Waals surface area (Å²) in [6, 6.07) is 11.7. The van der Waals surface area contributed by atoms with Gasteiger partial charge in [-0.2, -0.15) is 0 Å². The molecule has 166 valence electrons. The first-order valence-electron chi connectivity index (χ1n) is 10.1. The number of fused-ring (bicyclic) bond motifs is 1. The van der Waals surface area contributed by atoms with E-state index in [1.807, 2.05) is 6.92 Å². The molecule has 4 aromatic rings. The van der Waals surface area contributed by atoms with Crippen LogP contribution in [0.1, 0.15) is 24.6 Å². The summed E-state index contributed by atoms with van der Waals surface area (Å²) >= 11 is 0. The van der Waals surface area contributed by atoms with E-state index in [0.717, 1.165) is 6.20 Å². The van der Waals surface area contributed by atoms with Crippen molar-refractivity contribution < 1.29 is 17.2 Å². The maximum Gasteiger partial charge on any atom is 0.417 e. The van der Waals surface area contributed by atoms with Crippen molar-refractivity contribution in [3.8, 4) is 0 Å². The third-order valence-electron chi connectivity index (χ3n) is 4.91. The summed E-state index contributed by atoms with van der Waals surface area (Å²) in [7, 11) is -3.39. The third kappa shape index (κ3) is 4.70. The molecular weight excluding hydrogens is 435 g/mol. The minimum atomic E-state index is -3.39. The second kappa shape index (κ2) is 8.91. The number of hydrogen-bond acceptors (Lipinski definition) is 7. The zero-order valence-corrected chi connectivity index (χ0v) is 18.1. The second-order valence-electron chi connectivity index (χ2n) is 7.27. The van der Waals surface area contributed by atoms with Crippen molar-refractivity contribution in [2.45, 2.75) is 31.1 Å². The molecule has 0 fully saturated rings. The normalized spacial score (nSPS) is 11.7. The van der Waals surface area contributed by atoms with Gasteiger partial charge in [0.1, 0.15) is 0 Å². The van der Waals surface area contributed by atoms with E-state index in [0.29, 0.717) is 35.2 Å². The van der Waals surface area contributed by atoms with Crippen LogP contribution in [0, 0.1) is 5.82 Å². The van der Waals surface area contributed by atoms with Crippen molar-refractivity contribution in [3.63, 3.8) is 0 Å². The van der Waals surface area contributed by atoms with E-state index < -0.39 is 21.4 Å². The average molecular weight is 456 g/mol. The number of H-pyrrole nitrogens is 1. The molecule has 2 aromatic carbocycles. The number of nitrogens with one attached hydrogen (secondary N) is 2. The van der Waals surface area contributed by atoms with Crippen LogP contribution < -0.4 is 11.1 Å². The molecule has 0 atom stereocenters. The summed E-state index contributed by atoms with van der Waals surface area (Å²) in [6.45, 7) is 1.81. The van der Waals surface area contributed by atoms with Crippen molar-refractivity contribution in [1.82, 2.24) is 15.0 Å². The number of benzene rings is 2. The fourth-order valence-electron chi connectivity index (χ4n) is 3.44. The Morgan fingerprint density at radius 1 is 1.16 bits per heavy atom. The number of anilines is 2. The van der Waals surface area contributed by atoms with Crippen LogP contribution in [-0.2, 0) is 22.7 Å². The minimum absolute atomic E-state index is 0.0611. The van der Waals surface area contributed by atoms with Gasteiger partial charge in [-0.25, -0.2) is 27.6 Å². The van der Waals surface area contributed by atoms with E-state index in [4.69, 9.17) is 4.42 Å². The van der Waals surface area contributed by atoms with Crippen molar-refractivity contribution in [1.29, 1.82) is 0 Å². The van der Waals surface area contributed by atoms with Crippen LogP contribution in [0.3, 0.4) is 0 Å². The number of sulfone groups is 1. The molecular formula is C22H21FN4O4S. The monoisotopic (exact) mass is 456 g/mol. The molecule has 2 aromatic heterocycles. The van der Waals surface area contributed by atoms with Crippen LogP contribution in [0.15, 0.2) is 62.8 Å². The third-order valence-corrected chi connectivity index (χ3v) is 6.92. The van der Waals surface area contributed by atoms with E-state index in [9.17, 15) is 17.6 Å². The first-order valence-corrected chi connectivity index (χ1v) is 11.7. The van der Waals surface area contributed by atoms with E-state index in [-0.39, 0.29) is 28.7 Å². The molecule has 0 bridgehead atoms. The molecule has 0 aliphatic rings. The predicted molar refractivity (Wildman–Crippen MR) is 118 cm³/mol. The first kappa shape index (κ1) is 21.7. The average Bonchev–Trinajstić information content (AvgIpc) is 3.13. The van der Waals surface area contributed by atoms with Gasteiger partial charge in [0, 0.05) is 11.8 Å². The van der Waals surface area contributed by atoms with Gasteiger partial charge in [0.15, 0.2) is 21.2 Å². The van der Waals surface area contributed by atoms with Gasteiger partial charge in [-0.05, 0) is 43.0 Å². The fraction of sp³-hybridized carbons (Fsp3) is 0.227. The highest BCUT2D eigenvalue weighted by atomic mass is 32.2. The molecule has 10 heteroatoms. The van der Waals surface area contributed by atoms with E-state index >= 15 is 0 Å². The van der Waals surface area contributed by atoms with Gasteiger partial charge in [-0.3, -0.25) is 4.98 Å². The van der Waals surface area contributed by atoms with Crippen LogP contribution in [0.4, 0.5) is 16.0 Å². The topological polar surface area (TPSA) is 118 Å². The lowest BCUT2D eigenvalue weighted by Crippen LogP contribution is -2.10. The highest BCUT2D eigenvalue weighted by Crippen LogP contribution is 2.22. The van der Waals surface area contributed by atoms with Crippen LogP contribution in [-0.4, -0.2) is 29.1 Å². The van der Waals surface area contributed by atoms with Crippen molar-refractivity contribution >= 4 is 32.6 Å². The van der Waals surface area contributed by atoms with Crippen LogP contribution in [0.25, 0.3) is 11.1 Å². The molecule has 0 saturated carbocycles. The Morgan fingerprint density at radius 2 is 1.97 bits per heavy atom. The lowest BCUT2D eigenvalue weighted by atomic mass is 10.1. The Balaban J connectivity index is 1.54. The molecule has 0 spiro atoms. The Labute approximate surface area is 183 Å². The predicted octanol–water partition coefficient (Wildman–Crippen LogP) is 3.76. The van der Waals surface area contributed by atoms with E-state index in [2.05, 4.69) is 20.3 Å². The highest BCUT2D eigenvalue weighted by Gasteiger charge is 2.18. The van der Waals surface area contributed by atoms with Crippen LogP contribution in [0.5, 0.6) is 0 Å². The molecule has 0 unspecified atom stereocenters. The summed E-state index contributed by atoms with van der Waals surface area (Å²) in [5, 5.41) is 2.96. The molecule has 4 rings (SSSR count). The quantitative estimate of drug-likeness (QED) is 0.414. The SMILES string of the molecule is CCCS(=O)(=O)c1ccccc1CCc1nc(Nc2ccc3[nH]c(=O)oc3c2)ncc1F. The van der Waals surface area contributed by atoms with Crippen molar-refractivity contribution in [2.75, 3.05) is 11.1 Å². The first-order chi connectivity index (χ1) is 15.4. The summed E-state index contributed by atoms with van der Waals surface area (Å²) in [4.78, 5) is 22.3.